The molecular formula is C21H41NO4S. The van der Waals surface area contributed by atoms with Gasteiger partial charge in [-0.1, -0.05) is 72.1 Å². The molecule has 1 unspecified atom stereocenters. The van der Waals surface area contributed by atoms with Gasteiger partial charge in [0.25, 0.3) is 0 Å². The molecule has 0 fully saturated rings. The lowest BCUT2D eigenvalue weighted by Gasteiger charge is -2.17. The molecule has 1 amide bonds. The van der Waals surface area contributed by atoms with Crippen molar-refractivity contribution >= 4 is 23.8 Å². The topological polar surface area (TPSA) is 64.6 Å². The lowest BCUT2D eigenvalue weighted by molar-refractivity contribution is -0.146. The highest BCUT2D eigenvalue weighted by molar-refractivity contribution is 7.98. The molecule has 160 valence electrons. The van der Waals surface area contributed by atoms with E-state index in [0.29, 0.717) is 19.6 Å². The van der Waals surface area contributed by atoms with Gasteiger partial charge < -0.3 is 14.8 Å². The molecule has 1 N–H and O–H groups in total. The maximum absolute atomic E-state index is 12.3. The molecular weight excluding hydrogens is 362 g/mol. The molecule has 5 nitrogen and oxygen atoms in total. The Morgan fingerprint density at radius 1 is 0.926 bits per heavy atom. The molecule has 0 spiro atoms. The fraction of sp³-hybridized carbons (Fsp3) is 0.905. The van der Waals surface area contributed by atoms with Crippen LogP contribution in [0.2, 0.25) is 0 Å². The van der Waals surface area contributed by atoms with Gasteiger partial charge in [0.05, 0.1) is 13.2 Å². The van der Waals surface area contributed by atoms with Crippen molar-refractivity contribution in [2.75, 3.05) is 25.2 Å². The van der Waals surface area contributed by atoms with Crippen LogP contribution in [0, 0.1) is 5.92 Å². The second kappa shape index (κ2) is 18.5. The van der Waals surface area contributed by atoms with Gasteiger partial charge in [0, 0.05) is 0 Å². The predicted molar refractivity (Wildman–Crippen MR) is 114 cm³/mol. The van der Waals surface area contributed by atoms with Crippen LogP contribution in [0.4, 0.5) is 4.79 Å². The summed E-state index contributed by atoms with van der Waals surface area (Å²) in [6.07, 6.45) is 13.0. The zero-order valence-electron chi connectivity index (χ0n) is 17.9. The van der Waals surface area contributed by atoms with Crippen LogP contribution in [0.1, 0.15) is 85.0 Å². The molecule has 0 aliphatic heterocycles. The van der Waals surface area contributed by atoms with Crippen LogP contribution in [0.5, 0.6) is 0 Å². The lowest BCUT2D eigenvalue weighted by atomic mass is 10.1. The number of carbonyl (C=O) groups excluding carboxylic acids is 2. The molecule has 0 saturated carbocycles. The van der Waals surface area contributed by atoms with Crippen LogP contribution < -0.4 is 5.32 Å². The highest BCUT2D eigenvalue weighted by Crippen LogP contribution is 2.10. The Hall–Kier alpha value is -0.910. The quantitative estimate of drug-likeness (QED) is 0.254. The maximum atomic E-state index is 12.3. The molecule has 1 atom stereocenters. The van der Waals surface area contributed by atoms with Crippen molar-refractivity contribution in [3.63, 3.8) is 0 Å². The van der Waals surface area contributed by atoms with Crippen molar-refractivity contribution in [3.8, 4) is 0 Å². The van der Waals surface area contributed by atoms with Crippen LogP contribution in [0.25, 0.3) is 0 Å². The number of ether oxygens (including phenoxy) is 2. The number of rotatable bonds is 17. The summed E-state index contributed by atoms with van der Waals surface area (Å²) in [6, 6.07) is -0.629. The van der Waals surface area contributed by atoms with Crippen LogP contribution in [0.3, 0.4) is 0 Å². The third kappa shape index (κ3) is 17.0. The molecule has 0 aromatic rings. The molecule has 0 rings (SSSR count). The Bertz CT molecular complexity index is 377. The van der Waals surface area contributed by atoms with Gasteiger partial charge in [0.15, 0.2) is 0 Å². The van der Waals surface area contributed by atoms with Crippen LogP contribution in [0.15, 0.2) is 0 Å². The first-order chi connectivity index (χ1) is 13.0. The molecule has 0 aromatic carbocycles. The minimum Gasteiger partial charge on any atom is -0.464 e. The highest BCUT2D eigenvalue weighted by Gasteiger charge is 2.22. The highest BCUT2D eigenvalue weighted by atomic mass is 32.2. The normalized spacial score (nSPS) is 12.0. The van der Waals surface area contributed by atoms with Crippen molar-refractivity contribution in [1.82, 2.24) is 5.32 Å². The van der Waals surface area contributed by atoms with Crippen LogP contribution >= 0.6 is 11.8 Å². The summed E-state index contributed by atoms with van der Waals surface area (Å²) < 4.78 is 10.5. The molecule has 0 radical (unpaired) electrons. The smallest absolute Gasteiger partial charge is 0.407 e. The fourth-order valence-corrected chi connectivity index (χ4v) is 3.07. The second-order valence-corrected chi connectivity index (χ2v) is 8.45. The average Bonchev–Trinajstić information content (AvgIpc) is 2.64. The van der Waals surface area contributed by atoms with E-state index in [1.54, 1.807) is 11.8 Å². The summed E-state index contributed by atoms with van der Waals surface area (Å²) in [5, 5.41) is 2.64. The van der Waals surface area contributed by atoms with Gasteiger partial charge in [0.1, 0.15) is 6.04 Å². The number of thioether (sulfide) groups is 1. The van der Waals surface area contributed by atoms with Crippen molar-refractivity contribution in [2.24, 2.45) is 5.92 Å². The number of hydrogen-bond acceptors (Lipinski definition) is 5. The van der Waals surface area contributed by atoms with Crippen molar-refractivity contribution < 1.29 is 19.1 Å². The zero-order valence-corrected chi connectivity index (χ0v) is 18.7. The Kier molecular flexibility index (Phi) is 17.8. The molecule has 6 heteroatoms. The lowest BCUT2D eigenvalue weighted by Crippen LogP contribution is -2.43. The molecule has 0 aliphatic carbocycles. The van der Waals surface area contributed by atoms with E-state index in [4.69, 9.17) is 9.47 Å². The van der Waals surface area contributed by atoms with E-state index in [9.17, 15) is 9.59 Å². The molecule has 0 aliphatic rings. The number of nitrogens with one attached hydrogen (secondary N) is 1. The molecule has 0 heterocycles. The maximum Gasteiger partial charge on any atom is 0.407 e. The predicted octanol–water partition coefficient (Wildman–Crippen LogP) is 5.56. The van der Waals surface area contributed by atoms with E-state index in [-0.39, 0.29) is 11.9 Å². The summed E-state index contributed by atoms with van der Waals surface area (Å²) in [5.74, 6) is 0.687. The van der Waals surface area contributed by atoms with Gasteiger partial charge in [-0.05, 0) is 30.8 Å². The molecule has 0 bridgehead atoms. The number of carbonyl (C=O) groups is 2. The van der Waals surface area contributed by atoms with Crippen LogP contribution in [-0.2, 0) is 14.3 Å². The Morgan fingerprint density at radius 2 is 1.52 bits per heavy atom. The first-order valence-electron chi connectivity index (χ1n) is 10.6. The third-order valence-electron chi connectivity index (χ3n) is 4.23. The van der Waals surface area contributed by atoms with Crippen molar-refractivity contribution in [2.45, 2.75) is 91.0 Å². The SMILES string of the molecule is CCCCCCCCCCCOC(=O)C(CCSC)NC(=O)OCC(C)C. The van der Waals surface area contributed by atoms with E-state index in [0.717, 1.165) is 18.6 Å². The third-order valence-corrected chi connectivity index (χ3v) is 4.87. The minimum atomic E-state index is -0.629. The Labute approximate surface area is 170 Å². The largest absolute Gasteiger partial charge is 0.464 e. The zero-order chi connectivity index (χ0) is 20.3. The number of amides is 1. The number of hydrogen-bond donors (Lipinski definition) is 1. The number of unbranched alkanes of at least 4 members (excludes halogenated alkanes) is 8. The number of esters is 1. The summed E-state index contributed by atoms with van der Waals surface area (Å²) in [5.41, 5.74) is 0. The van der Waals surface area contributed by atoms with E-state index in [1.165, 1.54) is 44.9 Å². The molecule has 0 aromatic heterocycles. The Balaban J connectivity index is 3.92. The molecule has 27 heavy (non-hydrogen) atoms. The van der Waals surface area contributed by atoms with Gasteiger partial charge in [-0.2, -0.15) is 11.8 Å². The average molecular weight is 404 g/mol. The van der Waals surface area contributed by atoms with Crippen molar-refractivity contribution in [1.29, 1.82) is 0 Å². The second-order valence-electron chi connectivity index (χ2n) is 7.47. The van der Waals surface area contributed by atoms with Crippen LogP contribution in [-0.4, -0.2) is 43.3 Å². The first kappa shape index (κ1) is 26.1. The first-order valence-corrected chi connectivity index (χ1v) is 12.0. The van der Waals surface area contributed by atoms with E-state index in [1.807, 2.05) is 20.1 Å². The summed E-state index contributed by atoms with van der Waals surface area (Å²) >= 11 is 1.64. The standard InChI is InChI=1S/C21H41NO4S/c1-5-6-7-8-9-10-11-12-13-15-25-20(23)19(14-16-27-4)22-21(24)26-17-18(2)3/h18-19H,5-17H2,1-4H3,(H,22,24). The van der Waals surface area contributed by atoms with Gasteiger partial charge in [-0.15, -0.1) is 0 Å². The van der Waals surface area contributed by atoms with E-state index in [2.05, 4.69) is 12.2 Å². The van der Waals surface area contributed by atoms with Gasteiger partial charge in [-0.3, -0.25) is 0 Å². The molecule has 0 saturated heterocycles. The van der Waals surface area contributed by atoms with Gasteiger partial charge in [0.2, 0.25) is 0 Å². The number of alkyl carbamates (subject to hydrolysis) is 1. The summed E-state index contributed by atoms with van der Waals surface area (Å²) in [4.78, 5) is 24.1. The Morgan fingerprint density at radius 3 is 2.07 bits per heavy atom. The monoisotopic (exact) mass is 403 g/mol. The van der Waals surface area contributed by atoms with Gasteiger partial charge >= 0.3 is 12.1 Å². The minimum absolute atomic E-state index is 0.263. The van der Waals surface area contributed by atoms with Crippen molar-refractivity contribution in [3.05, 3.63) is 0 Å². The summed E-state index contributed by atoms with van der Waals surface area (Å²) in [7, 11) is 0. The van der Waals surface area contributed by atoms with E-state index < -0.39 is 12.1 Å². The van der Waals surface area contributed by atoms with E-state index >= 15 is 0 Å². The van der Waals surface area contributed by atoms with Gasteiger partial charge in [-0.25, -0.2) is 9.59 Å². The summed E-state index contributed by atoms with van der Waals surface area (Å²) in [6.45, 7) is 6.94. The fourth-order valence-electron chi connectivity index (χ4n) is 2.60.